The standard InChI is InChI=1S/C3H3F2N3/c4-2-6-1-7-3(5)8-2/h1-2H,(H,6,7,8). The number of nitrogens with zero attached hydrogens (tertiary/aromatic N) is 2. The van der Waals surface area contributed by atoms with Crippen LogP contribution >= 0.6 is 0 Å². The van der Waals surface area contributed by atoms with Crippen molar-refractivity contribution in [2.45, 2.75) is 6.42 Å². The first-order valence-electron chi connectivity index (χ1n) is 1.94. The quantitative estimate of drug-likeness (QED) is 0.454. The molecule has 1 aliphatic rings. The van der Waals surface area contributed by atoms with Crippen LogP contribution in [0.4, 0.5) is 8.78 Å². The van der Waals surface area contributed by atoms with Crippen LogP contribution in [0.2, 0.25) is 0 Å². The van der Waals surface area contributed by atoms with E-state index in [4.69, 9.17) is 0 Å². The van der Waals surface area contributed by atoms with Gasteiger partial charge in [-0.25, -0.2) is 4.99 Å². The maximum atomic E-state index is 11.8. The number of aliphatic imine (C=N–C) groups is 2. The number of hydrogen-bond donors (Lipinski definition) is 1. The molecule has 44 valence electrons. The maximum Gasteiger partial charge on any atom is 0.288 e. The monoisotopic (exact) mass is 119 g/mol. The Morgan fingerprint density at radius 3 is 2.88 bits per heavy atom. The third-order valence-electron chi connectivity index (χ3n) is 0.601. The highest BCUT2D eigenvalue weighted by Crippen LogP contribution is 1.96. The van der Waals surface area contributed by atoms with E-state index in [1.54, 1.807) is 0 Å². The van der Waals surface area contributed by atoms with Gasteiger partial charge in [0, 0.05) is 0 Å². The van der Waals surface area contributed by atoms with Gasteiger partial charge in [0.1, 0.15) is 0 Å². The third-order valence-corrected chi connectivity index (χ3v) is 0.601. The van der Waals surface area contributed by atoms with E-state index < -0.39 is 12.5 Å². The highest BCUT2D eigenvalue weighted by atomic mass is 19.2. The molecule has 1 heterocycles. The predicted octanol–water partition coefficient (Wildman–Crippen LogP) is 0.196. The van der Waals surface area contributed by atoms with Crippen molar-refractivity contribution in [3.05, 3.63) is 0 Å². The summed E-state index contributed by atoms with van der Waals surface area (Å²) in [6.45, 7) is 0. The summed E-state index contributed by atoms with van der Waals surface area (Å²) in [4.78, 5) is 5.81. The van der Waals surface area contributed by atoms with Crippen LogP contribution in [0.15, 0.2) is 9.98 Å². The fourth-order valence-electron chi connectivity index (χ4n) is 0.316. The van der Waals surface area contributed by atoms with Crippen LogP contribution in [0.25, 0.3) is 0 Å². The zero-order valence-corrected chi connectivity index (χ0v) is 3.81. The summed E-state index contributed by atoms with van der Waals surface area (Å²) in [5.74, 6) is 0. The van der Waals surface area contributed by atoms with E-state index in [0.717, 1.165) is 6.34 Å². The van der Waals surface area contributed by atoms with Crippen molar-refractivity contribution in [3.8, 4) is 0 Å². The zero-order valence-electron chi connectivity index (χ0n) is 3.81. The molecule has 0 aromatic carbocycles. The molecule has 0 aliphatic carbocycles. The molecule has 3 nitrogen and oxygen atoms in total. The SMILES string of the molecule is FC1=NC(F)N=CN1. The van der Waals surface area contributed by atoms with Gasteiger partial charge in [-0.1, -0.05) is 0 Å². The van der Waals surface area contributed by atoms with Gasteiger partial charge in [0.05, 0.1) is 6.34 Å². The molecule has 8 heavy (non-hydrogen) atoms. The molecule has 5 heteroatoms. The maximum absolute atomic E-state index is 11.8. The molecule has 0 radical (unpaired) electrons. The van der Waals surface area contributed by atoms with E-state index in [1.165, 1.54) is 0 Å². The van der Waals surface area contributed by atoms with Crippen LogP contribution in [-0.4, -0.2) is 18.8 Å². The van der Waals surface area contributed by atoms with E-state index in [9.17, 15) is 8.78 Å². The number of halogens is 2. The van der Waals surface area contributed by atoms with Gasteiger partial charge in [-0.05, 0) is 0 Å². The van der Waals surface area contributed by atoms with Crippen LogP contribution in [-0.2, 0) is 0 Å². The molecule has 1 atom stereocenters. The fraction of sp³-hybridized carbons (Fsp3) is 0.333. The van der Waals surface area contributed by atoms with Gasteiger partial charge < -0.3 is 5.32 Å². The second-order valence-corrected chi connectivity index (χ2v) is 1.15. The lowest BCUT2D eigenvalue weighted by Crippen LogP contribution is -2.23. The molecule has 0 spiro atoms. The van der Waals surface area contributed by atoms with Crippen molar-refractivity contribution in [2.75, 3.05) is 0 Å². The summed E-state index contributed by atoms with van der Waals surface area (Å²) < 4.78 is 23.5. The second kappa shape index (κ2) is 1.85. The number of rotatable bonds is 0. The largest absolute Gasteiger partial charge is 0.307 e. The van der Waals surface area contributed by atoms with Gasteiger partial charge in [-0.15, -0.1) is 0 Å². The van der Waals surface area contributed by atoms with E-state index in [-0.39, 0.29) is 0 Å². The molecular weight excluding hydrogens is 116 g/mol. The number of hydrogen-bond acceptors (Lipinski definition) is 3. The topological polar surface area (TPSA) is 36.8 Å². The third kappa shape index (κ3) is 0.988. The van der Waals surface area contributed by atoms with Gasteiger partial charge in [0.15, 0.2) is 0 Å². The van der Waals surface area contributed by atoms with Crippen molar-refractivity contribution in [1.29, 1.82) is 0 Å². The molecule has 0 amide bonds. The first-order valence-corrected chi connectivity index (χ1v) is 1.94. The lowest BCUT2D eigenvalue weighted by atomic mass is 10.9. The Bertz CT molecular complexity index is 141. The van der Waals surface area contributed by atoms with Crippen LogP contribution in [0.3, 0.4) is 0 Å². The highest BCUT2D eigenvalue weighted by Gasteiger charge is 2.05. The molecule has 0 bridgehead atoms. The lowest BCUT2D eigenvalue weighted by Gasteiger charge is -2.01. The summed E-state index contributed by atoms with van der Waals surface area (Å²) in [6, 6.07) is 0. The lowest BCUT2D eigenvalue weighted by molar-refractivity contribution is 0.354. The van der Waals surface area contributed by atoms with Gasteiger partial charge in [0.25, 0.3) is 12.5 Å². The summed E-state index contributed by atoms with van der Waals surface area (Å²) in [5, 5.41) is 1.96. The van der Waals surface area contributed by atoms with Gasteiger partial charge in [-0.3, -0.25) is 0 Å². The molecule has 1 N–H and O–H groups in total. The van der Waals surface area contributed by atoms with Gasteiger partial charge in [0.2, 0.25) is 0 Å². The minimum absolute atomic E-state index is 0.924. The van der Waals surface area contributed by atoms with E-state index in [1.807, 2.05) is 5.32 Å². The number of alkyl halides is 1. The Kier molecular flexibility index (Phi) is 1.19. The van der Waals surface area contributed by atoms with Gasteiger partial charge >= 0.3 is 0 Å². The van der Waals surface area contributed by atoms with Crippen molar-refractivity contribution in [3.63, 3.8) is 0 Å². The smallest absolute Gasteiger partial charge is 0.288 e. The van der Waals surface area contributed by atoms with Crippen molar-refractivity contribution in [2.24, 2.45) is 9.98 Å². The molecule has 1 unspecified atom stereocenters. The van der Waals surface area contributed by atoms with E-state index >= 15 is 0 Å². The molecule has 0 fully saturated rings. The second-order valence-electron chi connectivity index (χ2n) is 1.15. The Balaban J connectivity index is 2.60. The highest BCUT2D eigenvalue weighted by molar-refractivity contribution is 5.86. The zero-order chi connectivity index (χ0) is 5.98. The molecular formula is C3H3F2N3. The Labute approximate surface area is 44.1 Å². The van der Waals surface area contributed by atoms with Crippen LogP contribution < -0.4 is 5.32 Å². The van der Waals surface area contributed by atoms with Crippen molar-refractivity contribution in [1.82, 2.24) is 5.32 Å². The minimum atomic E-state index is -1.77. The first kappa shape index (κ1) is 5.14. The Morgan fingerprint density at radius 2 is 2.50 bits per heavy atom. The normalized spacial score (nSPS) is 26.8. The number of amidine groups is 1. The molecule has 0 saturated carbocycles. The number of nitrogens with one attached hydrogen (secondary N) is 1. The van der Waals surface area contributed by atoms with Gasteiger partial charge in [-0.2, -0.15) is 13.8 Å². The molecule has 0 saturated heterocycles. The average molecular weight is 119 g/mol. The predicted molar refractivity (Wildman–Crippen MR) is 25.1 cm³/mol. The van der Waals surface area contributed by atoms with E-state index in [2.05, 4.69) is 9.98 Å². The van der Waals surface area contributed by atoms with E-state index in [0.29, 0.717) is 0 Å². The average Bonchev–Trinajstić information content (AvgIpc) is 1.64. The minimum Gasteiger partial charge on any atom is -0.307 e. The fourth-order valence-corrected chi connectivity index (χ4v) is 0.316. The summed E-state index contributed by atoms with van der Waals surface area (Å²) in [5.41, 5.74) is 0. The molecule has 1 rings (SSSR count). The Hall–Kier alpha value is -1.00. The summed E-state index contributed by atoms with van der Waals surface area (Å²) in [7, 11) is 0. The van der Waals surface area contributed by atoms with Crippen LogP contribution in [0.5, 0.6) is 0 Å². The molecule has 0 aromatic rings. The molecule has 0 aromatic heterocycles. The van der Waals surface area contributed by atoms with Crippen LogP contribution in [0.1, 0.15) is 0 Å². The first-order chi connectivity index (χ1) is 3.79. The van der Waals surface area contributed by atoms with Crippen molar-refractivity contribution >= 4 is 12.4 Å². The summed E-state index contributed by atoms with van der Waals surface area (Å²) >= 11 is 0. The van der Waals surface area contributed by atoms with Crippen molar-refractivity contribution < 1.29 is 8.78 Å². The Morgan fingerprint density at radius 1 is 1.75 bits per heavy atom. The van der Waals surface area contributed by atoms with Crippen LogP contribution in [0, 0.1) is 0 Å². The molecule has 1 aliphatic heterocycles. The summed E-state index contributed by atoms with van der Waals surface area (Å²) in [6.07, 6.45) is -1.78.